The van der Waals surface area contributed by atoms with Crippen molar-refractivity contribution in [1.29, 1.82) is 0 Å². The molecule has 2 aromatic rings. The molecular weight excluding hydrogens is 414 g/mol. The molecule has 1 aliphatic rings. The number of nitrogens with zero attached hydrogens (tertiary/aromatic N) is 2. The monoisotopic (exact) mass is 439 g/mol. The Labute approximate surface area is 176 Å². The number of hydrogen-bond donors (Lipinski definition) is 1. The second kappa shape index (κ2) is 8.38. The molecule has 1 amide bonds. The smallest absolute Gasteiger partial charge is 0.272 e. The fourth-order valence-electron chi connectivity index (χ4n) is 3.45. The maximum Gasteiger partial charge on any atom is 0.272 e. The van der Waals surface area contributed by atoms with Gasteiger partial charge in [0.1, 0.15) is 16.3 Å². The summed E-state index contributed by atoms with van der Waals surface area (Å²) in [6.07, 6.45) is 1.69. The zero-order valence-corrected chi connectivity index (χ0v) is 18.6. The highest BCUT2D eigenvalue weighted by Gasteiger charge is 2.32. The van der Waals surface area contributed by atoms with Gasteiger partial charge in [-0.3, -0.25) is 4.79 Å². The molecule has 7 nitrogen and oxygen atoms in total. The van der Waals surface area contributed by atoms with E-state index in [9.17, 15) is 13.2 Å². The van der Waals surface area contributed by atoms with E-state index >= 15 is 0 Å². The number of amides is 1. The molecule has 2 heterocycles. The van der Waals surface area contributed by atoms with Crippen LogP contribution in [-0.4, -0.2) is 43.4 Å². The predicted octanol–water partition coefficient (Wildman–Crippen LogP) is 3.67. The molecule has 0 atom stereocenters. The first kappa shape index (κ1) is 21.7. The third-order valence-corrected chi connectivity index (χ3v) is 7.80. The van der Waals surface area contributed by atoms with Gasteiger partial charge in [-0.05, 0) is 49.9 Å². The van der Waals surface area contributed by atoms with Crippen molar-refractivity contribution < 1.29 is 17.9 Å². The van der Waals surface area contributed by atoms with Crippen molar-refractivity contribution in [3.63, 3.8) is 0 Å². The van der Waals surface area contributed by atoms with E-state index in [1.54, 1.807) is 36.7 Å². The van der Waals surface area contributed by atoms with E-state index in [0.717, 1.165) is 12.8 Å². The number of carbonyl (C=O) groups excluding carboxylic acids is 1. The molecule has 1 aromatic heterocycles. The van der Waals surface area contributed by atoms with Gasteiger partial charge in [-0.2, -0.15) is 4.31 Å². The van der Waals surface area contributed by atoms with Gasteiger partial charge in [-0.1, -0.05) is 18.5 Å². The Bertz CT molecular complexity index is 1020. The van der Waals surface area contributed by atoms with E-state index in [1.807, 2.05) is 0 Å². The average molecular weight is 440 g/mol. The number of benzene rings is 1. The predicted molar refractivity (Wildman–Crippen MR) is 113 cm³/mol. The van der Waals surface area contributed by atoms with E-state index in [0.29, 0.717) is 41.2 Å². The van der Waals surface area contributed by atoms with Gasteiger partial charge < -0.3 is 14.6 Å². The first-order valence-corrected chi connectivity index (χ1v) is 11.3. The summed E-state index contributed by atoms with van der Waals surface area (Å²) >= 11 is 6.11. The maximum atomic E-state index is 13.1. The lowest BCUT2D eigenvalue weighted by atomic mass is 10.0. The lowest BCUT2D eigenvalue weighted by Crippen LogP contribution is -2.38. The number of hydrogen-bond acceptors (Lipinski definition) is 4. The molecule has 1 aliphatic heterocycles. The quantitative estimate of drug-likeness (QED) is 0.770. The van der Waals surface area contributed by atoms with Crippen molar-refractivity contribution in [2.24, 2.45) is 13.0 Å². The number of nitrogens with one attached hydrogen (secondary N) is 1. The Morgan fingerprint density at radius 3 is 2.48 bits per heavy atom. The van der Waals surface area contributed by atoms with Crippen molar-refractivity contribution in [3.05, 3.63) is 40.7 Å². The molecule has 1 N–H and O–H groups in total. The highest BCUT2D eigenvalue weighted by Crippen LogP contribution is 2.29. The van der Waals surface area contributed by atoms with Gasteiger partial charge in [0.25, 0.3) is 5.91 Å². The summed E-state index contributed by atoms with van der Waals surface area (Å²) < 4.78 is 34.5. The lowest BCUT2D eigenvalue weighted by molar-refractivity contribution is 0.101. The number of carbonyl (C=O) groups is 1. The number of rotatable bonds is 5. The van der Waals surface area contributed by atoms with Crippen LogP contribution in [0.15, 0.2) is 29.2 Å². The summed E-state index contributed by atoms with van der Waals surface area (Å²) in [5.41, 5.74) is 1.29. The summed E-state index contributed by atoms with van der Waals surface area (Å²) in [6.45, 7) is 4.85. The SMILES string of the molecule is COc1ccc(NC(=O)c2cc(S(=O)(=O)N3CCC(C)CC3)c(C)n2C)cc1Cl. The van der Waals surface area contributed by atoms with Gasteiger partial charge >= 0.3 is 0 Å². The number of halogens is 1. The molecule has 0 bridgehead atoms. The average Bonchev–Trinajstić information content (AvgIpc) is 2.98. The standard InChI is InChI=1S/C20H26ClN3O4S/c1-13-7-9-24(10-8-13)29(26,27)19-12-17(23(3)14(19)2)20(25)22-15-5-6-18(28-4)16(21)11-15/h5-6,11-13H,7-10H2,1-4H3,(H,22,25). The van der Waals surface area contributed by atoms with Crippen molar-refractivity contribution in [2.45, 2.75) is 31.6 Å². The van der Waals surface area contributed by atoms with Crippen LogP contribution in [0.1, 0.15) is 35.9 Å². The minimum absolute atomic E-state index is 0.174. The van der Waals surface area contributed by atoms with Gasteiger partial charge in [0.15, 0.2) is 0 Å². The Hall–Kier alpha value is -2.03. The van der Waals surface area contributed by atoms with Crippen LogP contribution in [0.4, 0.5) is 5.69 Å². The van der Waals surface area contributed by atoms with E-state index in [-0.39, 0.29) is 10.6 Å². The summed E-state index contributed by atoms with van der Waals surface area (Å²) in [4.78, 5) is 13.0. The molecule has 1 saturated heterocycles. The molecule has 1 aromatic carbocycles. The first-order chi connectivity index (χ1) is 13.6. The summed E-state index contributed by atoms with van der Waals surface area (Å²) in [5.74, 6) is 0.616. The van der Waals surface area contributed by atoms with Gasteiger partial charge in [0, 0.05) is 31.5 Å². The maximum absolute atomic E-state index is 13.1. The Kier molecular flexibility index (Phi) is 6.26. The van der Waals surface area contributed by atoms with Crippen molar-refractivity contribution in [3.8, 4) is 5.75 Å². The molecular formula is C20H26ClN3O4S. The fourth-order valence-corrected chi connectivity index (χ4v) is 5.45. The third kappa shape index (κ3) is 4.29. The normalized spacial score (nSPS) is 16.0. The van der Waals surface area contributed by atoms with Crippen LogP contribution in [0.3, 0.4) is 0 Å². The van der Waals surface area contributed by atoms with E-state index in [1.165, 1.54) is 17.5 Å². The highest BCUT2D eigenvalue weighted by atomic mass is 35.5. The molecule has 3 rings (SSSR count). The van der Waals surface area contributed by atoms with Crippen molar-refractivity contribution in [1.82, 2.24) is 8.87 Å². The fraction of sp³-hybridized carbons (Fsp3) is 0.450. The molecule has 0 aliphatic carbocycles. The number of ether oxygens (including phenoxy) is 1. The summed E-state index contributed by atoms with van der Waals surface area (Å²) in [5, 5.41) is 3.13. The Balaban J connectivity index is 1.86. The minimum Gasteiger partial charge on any atom is -0.495 e. The summed E-state index contributed by atoms with van der Waals surface area (Å²) in [7, 11) is -0.451. The molecule has 9 heteroatoms. The van der Waals surface area contributed by atoms with Gasteiger partial charge in [0.05, 0.1) is 12.1 Å². The Morgan fingerprint density at radius 1 is 1.24 bits per heavy atom. The van der Waals surface area contributed by atoms with Crippen LogP contribution in [0.5, 0.6) is 5.75 Å². The second-order valence-corrected chi connectivity index (χ2v) is 9.74. The highest BCUT2D eigenvalue weighted by molar-refractivity contribution is 7.89. The largest absolute Gasteiger partial charge is 0.495 e. The minimum atomic E-state index is -3.65. The number of methoxy groups -OCH3 is 1. The van der Waals surface area contributed by atoms with E-state index < -0.39 is 15.9 Å². The molecule has 158 valence electrons. The number of anilines is 1. The van der Waals surface area contributed by atoms with Crippen LogP contribution in [0, 0.1) is 12.8 Å². The molecule has 0 saturated carbocycles. The van der Waals surface area contributed by atoms with Crippen molar-refractivity contribution in [2.75, 3.05) is 25.5 Å². The van der Waals surface area contributed by atoms with Crippen molar-refractivity contribution >= 4 is 33.2 Å². The third-order valence-electron chi connectivity index (χ3n) is 5.49. The second-order valence-electron chi connectivity index (χ2n) is 7.43. The van der Waals surface area contributed by atoms with Gasteiger partial charge in [-0.15, -0.1) is 0 Å². The zero-order valence-electron chi connectivity index (χ0n) is 17.0. The molecule has 0 unspecified atom stereocenters. The molecule has 29 heavy (non-hydrogen) atoms. The van der Waals surface area contributed by atoms with Gasteiger partial charge in [-0.25, -0.2) is 8.42 Å². The molecule has 0 spiro atoms. The number of sulfonamides is 1. The molecule has 0 radical (unpaired) electrons. The van der Waals surface area contributed by atoms with E-state index in [2.05, 4.69) is 12.2 Å². The topological polar surface area (TPSA) is 80.6 Å². The van der Waals surface area contributed by atoms with Gasteiger partial charge in [0.2, 0.25) is 10.0 Å². The molecule has 1 fully saturated rings. The van der Waals surface area contributed by atoms with Crippen LogP contribution >= 0.6 is 11.6 Å². The van der Waals surface area contributed by atoms with Crippen LogP contribution in [0.25, 0.3) is 0 Å². The van der Waals surface area contributed by atoms with Crippen LogP contribution < -0.4 is 10.1 Å². The lowest BCUT2D eigenvalue weighted by Gasteiger charge is -2.29. The number of aromatic nitrogens is 1. The number of piperidine rings is 1. The zero-order chi connectivity index (χ0) is 21.3. The van der Waals surface area contributed by atoms with E-state index in [4.69, 9.17) is 16.3 Å². The van der Waals surface area contributed by atoms with Crippen LogP contribution in [0.2, 0.25) is 5.02 Å². The van der Waals surface area contributed by atoms with Crippen LogP contribution in [-0.2, 0) is 17.1 Å². The Morgan fingerprint density at radius 2 is 1.90 bits per heavy atom. The summed E-state index contributed by atoms with van der Waals surface area (Å²) in [6, 6.07) is 6.36. The first-order valence-electron chi connectivity index (χ1n) is 9.46.